The molecular weight excluding hydrogens is 144 g/mol. The van der Waals surface area contributed by atoms with Gasteiger partial charge in [-0.3, -0.25) is 4.79 Å². The number of carbonyl (C=O) groups is 1. The summed E-state index contributed by atoms with van der Waals surface area (Å²) in [6, 6.07) is 0. The Morgan fingerprint density at radius 1 is 1.88 bits per heavy atom. The molecule has 8 heavy (non-hydrogen) atoms. The van der Waals surface area contributed by atoms with Crippen molar-refractivity contribution in [3.8, 4) is 0 Å². The van der Waals surface area contributed by atoms with Crippen molar-refractivity contribution in [2.75, 3.05) is 5.88 Å². The number of alkyl halides is 1. The maximum absolute atomic E-state index is 10.3. The predicted octanol–water partition coefficient (Wildman–Crippen LogP) is 1.89. The van der Waals surface area contributed by atoms with E-state index in [1.54, 1.807) is 6.92 Å². The van der Waals surface area contributed by atoms with E-state index in [0.717, 1.165) is 0 Å². The zero-order valence-corrected chi connectivity index (χ0v) is 6.55. The Hall–Kier alpha value is 0.310. The summed E-state index contributed by atoms with van der Waals surface area (Å²) in [5.74, 6) is 0.546. The molecule has 0 aromatic carbocycles. The maximum atomic E-state index is 10.3. The van der Waals surface area contributed by atoms with Crippen molar-refractivity contribution in [2.45, 2.75) is 19.1 Å². The second-order valence-corrected chi connectivity index (χ2v) is 3.50. The molecule has 48 valence electrons. The van der Waals surface area contributed by atoms with E-state index in [0.29, 0.717) is 5.88 Å². The molecule has 0 N–H and O–H groups in total. The lowest BCUT2D eigenvalue weighted by atomic mass is 10.6. The number of rotatable bonds is 2. The Labute approximate surface area is 58.8 Å². The number of halogens is 1. The van der Waals surface area contributed by atoms with Crippen LogP contribution in [0.3, 0.4) is 0 Å². The summed E-state index contributed by atoms with van der Waals surface area (Å²) in [7, 11) is 0. The van der Waals surface area contributed by atoms with Gasteiger partial charge < -0.3 is 0 Å². The van der Waals surface area contributed by atoms with Gasteiger partial charge in [-0.2, -0.15) is 0 Å². The average Bonchev–Trinajstić information content (AvgIpc) is 1.65. The highest BCUT2D eigenvalue weighted by atomic mass is 35.5. The highest BCUT2D eigenvalue weighted by molar-refractivity contribution is 8.14. The van der Waals surface area contributed by atoms with E-state index in [4.69, 9.17) is 11.6 Å². The molecule has 1 nitrogen and oxygen atoms in total. The summed E-state index contributed by atoms with van der Waals surface area (Å²) >= 11 is 6.71. The Morgan fingerprint density at radius 2 is 2.38 bits per heavy atom. The van der Waals surface area contributed by atoms with Crippen LogP contribution in [-0.4, -0.2) is 16.2 Å². The minimum Gasteiger partial charge on any atom is -0.288 e. The van der Waals surface area contributed by atoms with Crippen molar-refractivity contribution >= 4 is 28.5 Å². The van der Waals surface area contributed by atoms with Crippen molar-refractivity contribution in [3.05, 3.63) is 0 Å². The van der Waals surface area contributed by atoms with Crippen LogP contribution in [0.4, 0.5) is 0 Å². The van der Waals surface area contributed by atoms with Crippen LogP contribution in [0.15, 0.2) is 0 Å². The molecule has 0 aliphatic heterocycles. The summed E-state index contributed by atoms with van der Waals surface area (Å²) in [5.41, 5.74) is 0. The van der Waals surface area contributed by atoms with Crippen molar-refractivity contribution in [3.63, 3.8) is 0 Å². The normalized spacial score (nSPS) is 13.4. The van der Waals surface area contributed by atoms with E-state index in [1.807, 2.05) is 6.92 Å². The molecular formula is C5H9ClOS. The highest BCUT2D eigenvalue weighted by Crippen LogP contribution is 2.11. The number of hydrogen-bond donors (Lipinski definition) is 0. The standard InChI is InChI=1S/C5H9ClOS/c1-4(3-6)8-5(2)7/h4H,3H2,1-2H3. The lowest BCUT2D eigenvalue weighted by molar-refractivity contribution is -0.109. The van der Waals surface area contributed by atoms with Gasteiger partial charge in [0.15, 0.2) is 5.12 Å². The van der Waals surface area contributed by atoms with Gasteiger partial charge in [0.05, 0.1) is 0 Å². The average molecular weight is 153 g/mol. The van der Waals surface area contributed by atoms with E-state index in [9.17, 15) is 4.79 Å². The monoisotopic (exact) mass is 152 g/mol. The lowest BCUT2D eigenvalue weighted by Crippen LogP contribution is -1.99. The molecule has 1 atom stereocenters. The summed E-state index contributed by atoms with van der Waals surface area (Å²) in [6.45, 7) is 3.48. The largest absolute Gasteiger partial charge is 0.288 e. The van der Waals surface area contributed by atoms with E-state index < -0.39 is 0 Å². The number of thioether (sulfide) groups is 1. The van der Waals surface area contributed by atoms with Crippen LogP contribution in [0.1, 0.15) is 13.8 Å². The quantitative estimate of drug-likeness (QED) is 0.563. The zero-order valence-electron chi connectivity index (χ0n) is 4.98. The van der Waals surface area contributed by atoms with Gasteiger partial charge in [-0.25, -0.2) is 0 Å². The molecule has 0 aliphatic carbocycles. The fourth-order valence-corrected chi connectivity index (χ4v) is 1.13. The van der Waals surface area contributed by atoms with Crippen LogP contribution in [0.25, 0.3) is 0 Å². The minimum atomic E-state index is 0.137. The molecule has 0 aromatic rings. The first-order valence-electron chi connectivity index (χ1n) is 2.40. The summed E-state index contributed by atoms with van der Waals surface area (Å²) in [6.07, 6.45) is 0. The van der Waals surface area contributed by atoms with Crippen LogP contribution in [-0.2, 0) is 4.79 Å². The van der Waals surface area contributed by atoms with Crippen LogP contribution >= 0.6 is 23.4 Å². The van der Waals surface area contributed by atoms with Crippen molar-refractivity contribution in [1.29, 1.82) is 0 Å². The number of hydrogen-bond acceptors (Lipinski definition) is 2. The first-order valence-corrected chi connectivity index (χ1v) is 3.81. The molecule has 0 radical (unpaired) electrons. The molecule has 0 saturated heterocycles. The van der Waals surface area contributed by atoms with E-state index in [2.05, 4.69) is 0 Å². The second-order valence-electron chi connectivity index (χ2n) is 1.57. The second kappa shape index (κ2) is 4.21. The fourth-order valence-electron chi connectivity index (χ4n) is 0.315. The van der Waals surface area contributed by atoms with E-state index in [-0.39, 0.29) is 10.4 Å². The first-order chi connectivity index (χ1) is 3.66. The topological polar surface area (TPSA) is 17.1 Å². The van der Waals surface area contributed by atoms with Gasteiger partial charge in [-0.1, -0.05) is 18.7 Å². The molecule has 0 heterocycles. The Morgan fingerprint density at radius 3 is 2.50 bits per heavy atom. The molecule has 0 bridgehead atoms. The van der Waals surface area contributed by atoms with Crippen LogP contribution in [0.2, 0.25) is 0 Å². The van der Waals surface area contributed by atoms with Crippen molar-refractivity contribution < 1.29 is 4.79 Å². The molecule has 0 saturated carbocycles. The third kappa shape index (κ3) is 4.47. The number of carbonyl (C=O) groups excluding carboxylic acids is 1. The highest BCUT2D eigenvalue weighted by Gasteiger charge is 2.01. The Bertz CT molecular complexity index is 84.5. The Kier molecular flexibility index (Phi) is 4.38. The summed E-state index contributed by atoms with van der Waals surface area (Å²) in [4.78, 5) is 10.3. The third-order valence-corrected chi connectivity index (χ3v) is 2.13. The Balaban J connectivity index is 3.24. The lowest BCUT2D eigenvalue weighted by Gasteiger charge is -2.00. The van der Waals surface area contributed by atoms with Crippen LogP contribution in [0, 0.1) is 0 Å². The fraction of sp³-hybridized carbons (Fsp3) is 0.800. The molecule has 0 aromatic heterocycles. The van der Waals surface area contributed by atoms with Crippen LogP contribution < -0.4 is 0 Å². The summed E-state index contributed by atoms with van der Waals surface area (Å²) < 4.78 is 0. The third-order valence-electron chi connectivity index (χ3n) is 0.584. The molecule has 1 unspecified atom stereocenters. The first kappa shape index (κ1) is 8.31. The summed E-state index contributed by atoms with van der Waals surface area (Å²) in [5, 5.41) is 0.396. The van der Waals surface area contributed by atoms with Crippen molar-refractivity contribution in [2.24, 2.45) is 0 Å². The van der Waals surface area contributed by atoms with Gasteiger partial charge in [0, 0.05) is 18.1 Å². The van der Waals surface area contributed by atoms with E-state index >= 15 is 0 Å². The van der Waals surface area contributed by atoms with Crippen LogP contribution in [0.5, 0.6) is 0 Å². The van der Waals surface area contributed by atoms with Gasteiger partial charge >= 0.3 is 0 Å². The van der Waals surface area contributed by atoms with Gasteiger partial charge in [0.2, 0.25) is 0 Å². The molecule has 0 amide bonds. The smallest absolute Gasteiger partial charge is 0.186 e. The van der Waals surface area contributed by atoms with Gasteiger partial charge in [-0.05, 0) is 0 Å². The van der Waals surface area contributed by atoms with Gasteiger partial charge in [0.1, 0.15) is 0 Å². The zero-order chi connectivity index (χ0) is 6.57. The minimum absolute atomic E-state index is 0.137. The van der Waals surface area contributed by atoms with E-state index in [1.165, 1.54) is 11.8 Å². The SMILES string of the molecule is CC(=O)SC(C)CCl. The molecule has 3 heteroatoms. The predicted molar refractivity (Wildman–Crippen MR) is 38.5 cm³/mol. The van der Waals surface area contributed by atoms with Gasteiger partial charge in [0.25, 0.3) is 0 Å². The molecule has 0 spiro atoms. The molecule has 0 aliphatic rings. The molecule has 0 fully saturated rings. The van der Waals surface area contributed by atoms with Gasteiger partial charge in [-0.15, -0.1) is 11.6 Å². The van der Waals surface area contributed by atoms with Crippen molar-refractivity contribution in [1.82, 2.24) is 0 Å². The molecule has 0 rings (SSSR count). The maximum Gasteiger partial charge on any atom is 0.186 e.